The van der Waals surface area contributed by atoms with Gasteiger partial charge >= 0.3 is 5.97 Å². The van der Waals surface area contributed by atoms with Crippen molar-refractivity contribution >= 4 is 11.9 Å². The van der Waals surface area contributed by atoms with Gasteiger partial charge in [-0.3, -0.25) is 9.79 Å². The molecular weight excluding hydrogens is 304 g/mol. The Labute approximate surface area is 143 Å². The Balaban J connectivity index is 1.87. The van der Waals surface area contributed by atoms with Crippen LogP contribution < -0.4 is 5.32 Å². The van der Waals surface area contributed by atoms with Gasteiger partial charge in [-0.2, -0.15) is 5.26 Å². The number of esters is 1. The topological polar surface area (TPSA) is 77.7 Å². The van der Waals surface area contributed by atoms with E-state index in [-0.39, 0.29) is 11.9 Å². The highest BCUT2D eigenvalue weighted by molar-refractivity contribution is 5.80. The maximum atomic E-state index is 11.8. The first-order valence-electron chi connectivity index (χ1n) is 8.29. The number of guanidine groups is 1. The van der Waals surface area contributed by atoms with Gasteiger partial charge in [-0.25, -0.2) is 0 Å². The molecule has 2 rings (SSSR count). The van der Waals surface area contributed by atoms with E-state index in [1.165, 1.54) is 0 Å². The zero-order chi connectivity index (χ0) is 17.4. The van der Waals surface area contributed by atoms with E-state index >= 15 is 0 Å². The third-order valence-corrected chi connectivity index (χ3v) is 4.13. The Morgan fingerprint density at radius 3 is 2.83 bits per heavy atom. The maximum absolute atomic E-state index is 11.8. The molecule has 1 aromatic carbocycles. The lowest BCUT2D eigenvalue weighted by Gasteiger charge is -2.33. The summed E-state index contributed by atoms with van der Waals surface area (Å²) in [7, 11) is 1.76. The van der Waals surface area contributed by atoms with Crippen molar-refractivity contribution < 1.29 is 9.53 Å². The normalized spacial score (nSPS) is 15.7. The summed E-state index contributed by atoms with van der Waals surface area (Å²) in [6.45, 7) is 4.44. The molecule has 0 unspecified atom stereocenters. The molecule has 1 aliphatic rings. The molecule has 1 N–H and O–H groups in total. The summed E-state index contributed by atoms with van der Waals surface area (Å²) >= 11 is 0. The number of carbonyl (C=O) groups is 1. The molecule has 0 aromatic heterocycles. The van der Waals surface area contributed by atoms with Gasteiger partial charge in [0.05, 0.1) is 24.2 Å². The average molecular weight is 328 g/mol. The molecule has 0 amide bonds. The number of benzene rings is 1. The van der Waals surface area contributed by atoms with Crippen LogP contribution in [0.1, 0.15) is 30.9 Å². The Morgan fingerprint density at radius 1 is 1.46 bits per heavy atom. The van der Waals surface area contributed by atoms with Crippen molar-refractivity contribution in [3.05, 3.63) is 35.4 Å². The molecule has 6 heteroatoms. The maximum Gasteiger partial charge on any atom is 0.309 e. The Kier molecular flexibility index (Phi) is 6.62. The van der Waals surface area contributed by atoms with Gasteiger partial charge in [-0.15, -0.1) is 0 Å². The van der Waals surface area contributed by atoms with Gasteiger partial charge in [0.25, 0.3) is 0 Å². The summed E-state index contributed by atoms with van der Waals surface area (Å²) in [6, 6.07) is 9.66. The fourth-order valence-corrected chi connectivity index (χ4v) is 2.85. The minimum atomic E-state index is -0.0894. The Hall–Kier alpha value is -2.55. The quantitative estimate of drug-likeness (QED) is 0.519. The Bertz CT molecular complexity index is 628. The predicted octanol–water partition coefficient (Wildman–Crippen LogP) is 1.91. The van der Waals surface area contributed by atoms with Crippen LogP contribution in [0.4, 0.5) is 0 Å². The molecule has 0 spiro atoms. The highest BCUT2D eigenvalue weighted by atomic mass is 16.5. The molecule has 0 bridgehead atoms. The molecule has 0 atom stereocenters. The minimum absolute atomic E-state index is 0.00776. The third-order valence-electron chi connectivity index (χ3n) is 4.13. The Morgan fingerprint density at radius 2 is 2.21 bits per heavy atom. The molecule has 1 saturated heterocycles. The third kappa shape index (κ3) is 4.72. The molecular formula is C18H24N4O2. The van der Waals surface area contributed by atoms with E-state index in [0.717, 1.165) is 37.5 Å². The monoisotopic (exact) mass is 328 g/mol. The van der Waals surface area contributed by atoms with Crippen molar-refractivity contribution in [3.8, 4) is 6.07 Å². The number of nitrogens with zero attached hydrogens (tertiary/aromatic N) is 3. The number of aliphatic imine (C=N–C) groups is 1. The standard InChI is InChI=1S/C18H24N4O2/c1-3-24-17(23)16-7-9-22(10-8-16)18(20-2)21-13-15-6-4-5-14(11-15)12-19/h4-6,11,16H,3,7-10,13H2,1-2H3,(H,20,21). The summed E-state index contributed by atoms with van der Waals surface area (Å²) in [5.74, 6) is 0.722. The minimum Gasteiger partial charge on any atom is -0.466 e. The molecule has 6 nitrogen and oxygen atoms in total. The van der Waals surface area contributed by atoms with Gasteiger partial charge in [-0.1, -0.05) is 12.1 Å². The molecule has 0 aliphatic carbocycles. The molecule has 128 valence electrons. The number of likely N-dealkylation sites (tertiary alicyclic amines) is 1. The van der Waals surface area contributed by atoms with Gasteiger partial charge in [-0.05, 0) is 37.5 Å². The summed E-state index contributed by atoms with van der Waals surface area (Å²) in [4.78, 5) is 18.3. The highest BCUT2D eigenvalue weighted by Crippen LogP contribution is 2.18. The first kappa shape index (κ1) is 17.8. The summed E-state index contributed by atoms with van der Waals surface area (Å²) < 4.78 is 5.10. The van der Waals surface area contributed by atoms with Crippen LogP contribution in [0.3, 0.4) is 0 Å². The predicted molar refractivity (Wildman–Crippen MR) is 92.3 cm³/mol. The lowest BCUT2D eigenvalue weighted by atomic mass is 9.97. The van der Waals surface area contributed by atoms with Crippen LogP contribution in [0.25, 0.3) is 0 Å². The van der Waals surface area contributed by atoms with Gasteiger partial charge in [0.2, 0.25) is 0 Å². The van der Waals surface area contributed by atoms with Crippen molar-refractivity contribution in [2.75, 3.05) is 26.7 Å². The van der Waals surface area contributed by atoms with Crippen molar-refractivity contribution in [1.29, 1.82) is 5.26 Å². The summed E-state index contributed by atoms with van der Waals surface area (Å²) in [6.07, 6.45) is 1.56. The van der Waals surface area contributed by atoms with Crippen LogP contribution in [0.5, 0.6) is 0 Å². The van der Waals surface area contributed by atoms with Crippen molar-refractivity contribution in [1.82, 2.24) is 10.2 Å². The molecule has 0 radical (unpaired) electrons. The van der Waals surface area contributed by atoms with E-state index in [2.05, 4.69) is 21.3 Å². The molecule has 1 fully saturated rings. The SMILES string of the molecule is CCOC(=O)C1CCN(C(=NC)NCc2cccc(C#N)c2)CC1. The van der Waals surface area contributed by atoms with E-state index in [9.17, 15) is 4.79 Å². The first-order valence-corrected chi connectivity index (χ1v) is 8.29. The van der Waals surface area contributed by atoms with E-state index in [4.69, 9.17) is 10.00 Å². The lowest BCUT2D eigenvalue weighted by molar-refractivity contribution is -0.149. The zero-order valence-electron chi connectivity index (χ0n) is 14.3. The van der Waals surface area contributed by atoms with E-state index in [0.29, 0.717) is 18.7 Å². The molecule has 0 saturated carbocycles. The van der Waals surface area contributed by atoms with Crippen molar-refractivity contribution in [2.45, 2.75) is 26.3 Å². The fraction of sp³-hybridized carbons (Fsp3) is 0.500. The van der Waals surface area contributed by atoms with Crippen LogP contribution in [-0.2, 0) is 16.1 Å². The van der Waals surface area contributed by atoms with Gasteiger partial charge in [0, 0.05) is 26.7 Å². The number of hydrogen-bond donors (Lipinski definition) is 1. The highest BCUT2D eigenvalue weighted by Gasteiger charge is 2.27. The number of piperidine rings is 1. The molecule has 1 aliphatic heterocycles. The van der Waals surface area contributed by atoms with Crippen LogP contribution in [0.15, 0.2) is 29.3 Å². The molecule has 24 heavy (non-hydrogen) atoms. The number of ether oxygens (including phenoxy) is 1. The second-order valence-corrected chi connectivity index (χ2v) is 5.73. The molecule has 1 heterocycles. The van der Waals surface area contributed by atoms with Crippen molar-refractivity contribution in [2.24, 2.45) is 10.9 Å². The van der Waals surface area contributed by atoms with E-state index < -0.39 is 0 Å². The van der Waals surface area contributed by atoms with Gasteiger partial charge in [0.15, 0.2) is 5.96 Å². The van der Waals surface area contributed by atoms with Crippen LogP contribution >= 0.6 is 0 Å². The van der Waals surface area contributed by atoms with E-state index in [1.807, 2.05) is 25.1 Å². The van der Waals surface area contributed by atoms with Crippen LogP contribution in [0.2, 0.25) is 0 Å². The number of nitrogens with one attached hydrogen (secondary N) is 1. The second kappa shape index (κ2) is 8.92. The van der Waals surface area contributed by atoms with Crippen LogP contribution in [0, 0.1) is 17.2 Å². The van der Waals surface area contributed by atoms with Crippen molar-refractivity contribution in [3.63, 3.8) is 0 Å². The second-order valence-electron chi connectivity index (χ2n) is 5.73. The lowest BCUT2D eigenvalue weighted by Crippen LogP contribution is -2.46. The number of nitriles is 1. The number of carbonyl (C=O) groups excluding carboxylic acids is 1. The fourth-order valence-electron chi connectivity index (χ4n) is 2.85. The average Bonchev–Trinajstić information content (AvgIpc) is 2.63. The smallest absolute Gasteiger partial charge is 0.309 e. The van der Waals surface area contributed by atoms with Crippen LogP contribution in [-0.4, -0.2) is 43.6 Å². The number of hydrogen-bond acceptors (Lipinski definition) is 4. The zero-order valence-corrected chi connectivity index (χ0v) is 14.3. The van der Waals surface area contributed by atoms with Gasteiger partial charge < -0.3 is 15.0 Å². The van der Waals surface area contributed by atoms with E-state index in [1.54, 1.807) is 13.1 Å². The summed E-state index contributed by atoms with van der Waals surface area (Å²) in [5.41, 5.74) is 1.69. The summed E-state index contributed by atoms with van der Waals surface area (Å²) in [5, 5.41) is 12.3. The first-order chi connectivity index (χ1) is 11.7. The van der Waals surface area contributed by atoms with Gasteiger partial charge in [0.1, 0.15) is 0 Å². The molecule has 1 aromatic rings. The largest absolute Gasteiger partial charge is 0.466 e. The number of rotatable bonds is 4.